The molecule has 6 heteroatoms. The molecule has 0 aliphatic carbocycles. The van der Waals surface area contributed by atoms with Gasteiger partial charge in [0.15, 0.2) is 11.5 Å². The van der Waals surface area contributed by atoms with Gasteiger partial charge in [-0.15, -0.1) is 0 Å². The van der Waals surface area contributed by atoms with Crippen molar-refractivity contribution in [3.8, 4) is 11.5 Å². The van der Waals surface area contributed by atoms with Gasteiger partial charge in [-0.1, -0.05) is 12.7 Å². The highest BCUT2D eigenvalue weighted by Gasteiger charge is 2.05. The van der Waals surface area contributed by atoms with E-state index in [1.165, 1.54) is 12.3 Å². The van der Waals surface area contributed by atoms with Crippen LogP contribution in [-0.2, 0) is 0 Å². The number of nitrogen functional groups attached to an aromatic ring is 1. The van der Waals surface area contributed by atoms with E-state index in [-0.39, 0.29) is 11.4 Å². The van der Waals surface area contributed by atoms with Gasteiger partial charge in [0.2, 0.25) is 0 Å². The van der Waals surface area contributed by atoms with E-state index in [2.05, 4.69) is 11.7 Å². The second-order valence-corrected chi connectivity index (χ2v) is 4.86. The normalized spacial score (nSPS) is 10.7. The van der Waals surface area contributed by atoms with Crippen molar-refractivity contribution in [2.45, 2.75) is 6.92 Å². The van der Waals surface area contributed by atoms with Crippen molar-refractivity contribution in [2.24, 2.45) is 5.10 Å². The van der Waals surface area contributed by atoms with Gasteiger partial charge >= 0.3 is 0 Å². The van der Waals surface area contributed by atoms with Crippen LogP contribution in [0.25, 0.3) is 0 Å². The number of hydrogen-bond acceptors (Lipinski definition) is 5. The molecule has 0 aliphatic heterocycles. The third-order valence-corrected chi connectivity index (χ3v) is 3.05. The Balaban J connectivity index is 2.30. The van der Waals surface area contributed by atoms with Gasteiger partial charge in [0, 0.05) is 6.07 Å². The van der Waals surface area contributed by atoms with Crippen LogP contribution in [0.3, 0.4) is 0 Å². The predicted molar refractivity (Wildman–Crippen MR) is 91.5 cm³/mol. The number of rotatable bonds is 6. The van der Waals surface area contributed by atoms with Crippen molar-refractivity contribution >= 4 is 12.0 Å². The van der Waals surface area contributed by atoms with Crippen LogP contribution in [0.5, 0.6) is 11.5 Å². The van der Waals surface area contributed by atoms with Gasteiger partial charge in [-0.25, -0.2) is 0 Å². The first-order valence-corrected chi connectivity index (χ1v) is 7.00. The van der Waals surface area contributed by atoms with Gasteiger partial charge in [0.1, 0.15) is 12.4 Å². The van der Waals surface area contributed by atoms with E-state index in [1.54, 1.807) is 44.4 Å². The molecule has 6 nitrogen and oxygen atoms in total. The number of hydrogen-bond donors (Lipinski definition) is 1. The number of aromatic nitrogens is 1. The highest BCUT2D eigenvalue weighted by atomic mass is 16.5. The Hall–Kier alpha value is -3.02. The van der Waals surface area contributed by atoms with Crippen molar-refractivity contribution in [3.63, 3.8) is 0 Å². The average molecular weight is 313 g/mol. The fourth-order valence-corrected chi connectivity index (χ4v) is 2.00. The zero-order valence-corrected chi connectivity index (χ0v) is 13.2. The van der Waals surface area contributed by atoms with E-state index < -0.39 is 0 Å². The predicted octanol–water partition coefficient (Wildman–Crippen LogP) is 2.19. The smallest absolute Gasteiger partial charge is 0.273 e. The summed E-state index contributed by atoms with van der Waals surface area (Å²) in [7, 11) is 1.56. The van der Waals surface area contributed by atoms with Crippen molar-refractivity contribution in [1.29, 1.82) is 0 Å². The summed E-state index contributed by atoms with van der Waals surface area (Å²) in [5.41, 5.74) is 7.08. The minimum Gasteiger partial charge on any atom is -0.493 e. The second-order valence-electron chi connectivity index (χ2n) is 4.86. The highest BCUT2D eigenvalue weighted by Crippen LogP contribution is 2.27. The summed E-state index contributed by atoms with van der Waals surface area (Å²) in [5, 5.41) is 4.13. The maximum absolute atomic E-state index is 11.9. The van der Waals surface area contributed by atoms with E-state index in [0.29, 0.717) is 18.1 Å². The summed E-state index contributed by atoms with van der Waals surface area (Å²) < 4.78 is 11.9. The molecule has 0 amide bonds. The van der Waals surface area contributed by atoms with Crippen LogP contribution in [0.1, 0.15) is 11.1 Å². The lowest BCUT2D eigenvalue weighted by Gasteiger charge is -2.09. The molecule has 23 heavy (non-hydrogen) atoms. The molecule has 0 fully saturated rings. The van der Waals surface area contributed by atoms with Crippen LogP contribution in [-0.4, -0.2) is 24.6 Å². The lowest BCUT2D eigenvalue weighted by molar-refractivity contribution is 0.326. The quantitative estimate of drug-likeness (QED) is 0.655. The molecule has 0 radical (unpaired) electrons. The Morgan fingerprint density at radius 3 is 2.74 bits per heavy atom. The number of benzene rings is 1. The SMILES string of the molecule is C=CCOc1ccc(/C=N\n2c(N)cc(C)cc2=O)cc1OC. The zero-order chi connectivity index (χ0) is 16.8. The monoisotopic (exact) mass is 313 g/mol. The molecule has 0 atom stereocenters. The summed E-state index contributed by atoms with van der Waals surface area (Å²) in [4.78, 5) is 11.9. The van der Waals surface area contributed by atoms with E-state index >= 15 is 0 Å². The molecular formula is C17H19N3O3. The second kappa shape index (κ2) is 7.31. The third-order valence-electron chi connectivity index (χ3n) is 3.05. The standard InChI is InChI=1S/C17H19N3O3/c1-4-7-23-14-6-5-13(10-15(14)22-3)11-19-20-16(18)8-12(2)9-17(20)21/h4-6,8-11H,1,7,18H2,2-3H3/b19-11-. The average Bonchev–Trinajstić information content (AvgIpc) is 2.52. The Labute approximate surface area is 134 Å². The maximum atomic E-state index is 11.9. The summed E-state index contributed by atoms with van der Waals surface area (Å²) in [5.74, 6) is 1.46. The first-order chi connectivity index (χ1) is 11.0. The van der Waals surface area contributed by atoms with Crippen LogP contribution >= 0.6 is 0 Å². The van der Waals surface area contributed by atoms with E-state index in [0.717, 1.165) is 15.8 Å². The largest absolute Gasteiger partial charge is 0.493 e. The number of pyridine rings is 1. The third kappa shape index (κ3) is 4.00. The van der Waals surface area contributed by atoms with E-state index in [9.17, 15) is 4.79 Å². The summed E-state index contributed by atoms with van der Waals surface area (Å²) >= 11 is 0. The van der Waals surface area contributed by atoms with Crippen LogP contribution in [0.4, 0.5) is 5.82 Å². The van der Waals surface area contributed by atoms with Crippen molar-refractivity contribution in [2.75, 3.05) is 19.5 Å². The number of methoxy groups -OCH3 is 1. The van der Waals surface area contributed by atoms with Crippen LogP contribution < -0.4 is 20.8 Å². The molecule has 0 unspecified atom stereocenters. The first-order valence-electron chi connectivity index (χ1n) is 7.00. The Kier molecular flexibility index (Phi) is 5.19. The molecule has 0 bridgehead atoms. The fraction of sp³-hybridized carbons (Fsp3) is 0.176. The van der Waals surface area contributed by atoms with Crippen LogP contribution in [0, 0.1) is 6.92 Å². The maximum Gasteiger partial charge on any atom is 0.273 e. The van der Waals surface area contributed by atoms with Gasteiger partial charge in [-0.3, -0.25) is 4.79 Å². The minimum absolute atomic E-state index is 0.281. The Morgan fingerprint density at radius 1 is 1.30 bits per heavy atom. The lowest BCUT2D eigenvalue weighted by atomic mass is 10.2. The van der Waals surface area contributed by atoms with Crippen LogP contribution in [0.15, 0.2) is 52.9 Å². The van der Waals surface area contributed by atoms with Crippen molar-refractivity contribution in [3.05, 3.63) is 64.5 Å². The van der Waals surface area contributed by atoms with E-state index in [1.807, 2.05) is 0 Å². The summed E-state index contributed by atoms with van der Waals surface area (Å²) in [6.07, 6.45) is 3.19. The molecule has 120 valence electrons. The topological polar surface area (TPSA) is 78.8 Å². The number of nitrogens with two attached hydrogens (primary N) is 1. The van der Waals surface area contributed by atoms with Crippen molar-refractivity contribution < 1.29 is 9.47 Å². The molecule has 2 aromatic rings. The van der Waals surface area contributed by atoms with Crippen LogP contribution in [0.2, 0.25) is 0 Å². The number of nitrogens with zero attached hydrogens (tertiary/aromatic N) is 2. The fourth-order valence-electron chi connectivity index (χ4n) is 2.00. The van der Waals surface area contributed by atoms with Gasteiger partial charge in [0.25, 0.3) is 5.56 Å². The van der Waals surface area contributed by atoms with Gasteiger partial charge in [0.05, 0.1) is 13.3 Å². The molecule has 0 saturated carbocycles. The molecule has 0 spiro atoms. The Bertz CT molecular complexity index is 794. The summed E-state index contributed by atoms with van der Waals surface area (Å²) in [6.45, 7) is 5.80. The molecule has 2 rings (SSSR count). The van der Waals surface area contributed by atoms with Gasteiger partial charge in [-0.2, -0.15) is 9.78 Å². The molecule has 1 aromatic heterocycles. The van der Waals surface area contributed by atoms with Gasteiger partial charge < -0.3 is 15.2 Å². The highest BCUT2D eigenvalue weighted by molar-refractivity contribution is 5.81. The molecule has 1 heterocycles. The lowest BCUT2D eigenvalue weighted by Crippen LogP contribution is -2.19. The molecule has 0 saturated heterocycles. The van der Waals surface area contributed by atoms with E-state index in [4.69, 9.17) is 15.2 Å². The molecule has 0 aliphatic rings. The molecule has 1 aromatic carbocycles. The van der Waals surface area contributed by atoms with Gasteiger partial charge in [-0.05, 0) is 42.3 Å². The number of anilines is 1. The molecular weight excluding hydrogens is 294 g/mol. The number of ether oxygens (including phenoxy) is 2. The van der Waals surface area contributed by atoms with Crippen molar-refractivity contribution in [1.82, 2.24) is 4.68 Å². The summed E-state index contributed by atoms with van der Waals surface area (Å²) in [6, 6.07) is 8.49. The Morgan fingerprint density at radius 2 is 2.09 bits per heavy atom. The molecule has 2 N–H and O–H groups in total. The zero-order valence-electron chi connectivity index (χ0n) is 13.2. The minimum atomic E-state index is -0.281. The number of aryl methyl sites for hydroxylation is 1. The first kappa shape index (κ1) is 16.4.